The molecule has 152 valence electrons. The topological polar surface area (TPSA) is 83.5 Å². The lowest BCUT2D eigenvalue weighted by atomic mass is 10.0. The van der Waals surface area contributed by atoms with Gasteiger partial charge in [0.1, 0.15) is 10.7 Å². The lowest BCUT2D eigenvalue weighted by Crippen LogP contribution is -2.17. The van der Waals surface area contributed by atoms with E-state index in [4.69, 9.17) is 4.55 Å². The Bertz CT molecular complexity index is 997. The van der Waals surface area contributed by atoms with Crippen LogP contribution in [0, 0.1) is 5.82 Å². The third-order valence-corrected chi connectivity index (χ3v) is 4.19. The number of alkyl halides is 6. The second kappa shape index (κ2) is 7.05. The van der Waals surface area contributed by atoms with Crippen LogP contribution in [0.5, 0.6) is 0 Å². The van der Waals surface area contributed by atoms with Gasteiger partial charge in [-0.25, -0.2) is 4.39 Å². The number of hydrogen-bond donors (Lipinski definition) is 2. The Hall–Kier alpha value is -2.67. The summed E-state index contributed by atoms with van der Waals surface area (Å²) in [5, 5.41) is 1.84. The molecule has 5 nitrogen and oxygen atoms in total. The van der Waals surface area contributed by atoms with Crippen molar-refractivity contribution in [1.29, 1.82) is 0 Å². The van der Waals surface area contributed by atoms with Crippen LogP contribution in [0.2, 0.25) is 0 Å². The number of halogens is 7. The van der Waals surface area contributed by atoms with Crippen LogP contribution in [-0.4, -0.2) is 18.9 Å². The summed E-state index contributed by atoms with van der Waals surface area (Å²) >= 11 is 0. The van der Waals surface area contributed by atoms with Crippen LogP contribution in [0.1, 0.15) is 21.5 Å². The molecule has 2 aromatic carbocycles. The molecule has 0 atom stereocenters. The zero-order valence-corrected chi connectivity index (χ0v) is 14.0. The highest BCUT2D eigenvalue weighted by atomic mass is 32.2. The van der Waals surface area contributed by atoms with Gasteiger partial charge in [0.25, 0.3) is 16.0 Å². The van der Waals surface area contributed by atoms with Crippen molar-refractivity contribution >= 4 is 21.7 Å². The first-order valence-electron chi connectivity index (χ1n) is 6.97. The third-order valence-electron chi connectivity index (χ3n) is 3.32. The first kappa shape index (κ1) is 21.6. The molecule has 2 rings (SSSR count). The van der Waals surface area contributed by atoms with Crippen LogP contribution in [-0.2, 0) is 22.5 Å². The normalized spacial score (nSPS) is 12.7. The summed E-state index contributed by atoms with van der Waals surface area (Å²) in [6, 6.07) is 1.91. The number of carbonyl (C=O) groups is 1. The Morgan fingerprint density at radius 1 is 0.893 bits per heavy atom. The standard InChI is InChI=1S/C15H8F7NO4S/c16-11-2-1-10(6-12(11)28(25,26)27)23-13(24)7-3-8(14(17,18)19)5-9(4-7)15(20,21)22/h1-6H,(H,23,24)(H,25,26,27). The van der Waals surface area contributed by atoms with Gasteiger partial charge in [0.2, 0.25) is 0 Å². The van der Waals surface area contributed by atoms with Gasteiger partial charge < -0.3 is 5.32 Å². The second-order valence-corrected chi connectivity index (χ2v) is 6.76. The molecule has 0 bridgehead atoms. The van der Waals surface area contributed by atoms with Crippen LogP contribution in [0.25, 0.3) is 0 Å². The third kappa shape index (κ3) is 4.98. The summed E-state index contributed by atoms with van der Waals surface area (Å²) in [5.74, 6) is -2.84. The van der Waals surface area contributed by atoms with Gasteiger partial charge in [-0.05, 0) is 36.4 Å². The number of anilines is 1. The van der Waals surface area contributed by atoms with E-state index in [1.807, 2.05) is 5.32 Å². The predicted molar refractivity (Wildman–Crippen MR) is 80.6 cm³/mol. The maximum Gasteiger partial charge on any atom is 0.416 e. The molecule has 28 heavy (non-hydrogen) atoms. The molecule has 0 aliphatic rings. The number of hydrogen-bond acceptors (Lipinski definition) is 3. The van der Waals surface area contributed by atoms with E-state index < -0.39 is 61.5 Å². The molecule has 0 aliphatic heterocycles. The molecule has 13 heteroatoms. The Labute approximate surface area is 152 Å². The number of carbonyl (C=O) groups excluding carboxylic acids is 1. The Morgan fingerprint density at radius 3 is 1.82 bits per heavy atom. The molecular weight excluding hydrogens is 423 g/mol. The molecule has 2 aromatic rings. The summed E-state index contributed by atoms with van der Waals surface area (Å²) in [7, 11) is -5.03. The van der Waals surface area contributed by atoms with Crippen molar-refractivity contribution in [3.8, 4) is 0 Å². The Balaban J connectivity index is 2.47. The van der Waals surface area contributed by atoms with Gasteiger partial charge in [0.15, 0.2) is 0 Å². The largest absolute Gasteiger partial charge is 0.416 e. The van der Waals surface area contributed by atoms with Gasteiger partial charge in [-0.1, -0.05) is 0 Å². The molecule has 0 saturated heterocycles. The summed E-state index contributed by atoms with van der Waals surface area (Å²) in [4.78, 5) is 10.8. The Morgan fingerprint density at radius 2 is 1.39 bits per heavy atom. The highest BCUT2D eigenvalue weighted by Gasteiger charge is 2.37. The minimum absolute atomic E-state index is 0.164. The van der Waals surface area contributed by atoms with E-state index >= 15 is 0 Å². The fourth-order valence-corrected chi connectivity index (χ4v) is 2.66. The van der Waals surface area contributed by atoms with Gasteiger partial charge >= 0.3 is 12.4 Å². The molecule has 0 unspecified atom stereocenters. The maximum absolute atomic E-state index is 13.4. The average Bonchev–Trinajstić information content (AvgIpc) is 2.53. The van der Waals surface area contributed by atoms with Gasteiger partial charge in [0.05, 0.1) is 11.1 Å². The minimum atomic E-state index is -5.18. The van der Waals surface area contributed by atoms with E-state index in [0.29, 0.717) is 12.1 Å². The lowest BCUT2D eigenvalue weighted by Gasteiger charge is -2.14. The maximum atomic E-state index is 13.4. The van der Waals surface area contributed by atoms with Gasteiger partial charge in [-0.3, -0.25) is 9.35 Å². The number of nitrogens with one attached hydrogen (secondary N) is 1. The monoisotopic (exact) mass is 431 g/mol. The van der Waals surface area contributed by atoms with Crippen LogP contribution in [0.15, 0.2) is 41.3 Å². The molecule has 0 heterocycles. The first-order valence-corrected chi connectivity index (χ1v) is 8.41. The van der Waals surface area contributed by atoms with E-state index in [1.54, 1.807) is 0 Å². The smallest absolute Gasteiger partial charge is 0.322 e. The van der Waals surface area contributed by atoms with Gasteiger partial charge in [0, 0.05) is 11.3 Å². The van der Waals surface area contributed by atoms with E-state index in [1.165, 1.54) is 0 Å². The number of benzene rings is 2. The van der Waals surface area contributed by atoms with Crippen molar-refractivity contribution in [2.45, 2.75) is 17.2 Å². The van der Waals surface area contributed by atoms with Crippen molar-refractivity contribution in [3.05, 3.63) is 58.9 Å². The van der Waals surface area contributed by atoms with Gasteiger partial charge in [-0.2, -0.15) is 34.8 Å². The summed E-state index contributed by atoms with van der Waals surface area (Å²) in [6.45, 7) is 0. The molecule has 0 aromatic heterocycles. The van der Waals surface area contributed by atoms with Gasteiger partial charge in [-0.15, -0.1) is 0 Å². The summed E-state index contributed by atoms with van der Waals surface area (Å²) < 4.78 is 121. The van der Waals surface area contributed by atoms with Crippen molar-refractivity contribution in [3.63, 3.8) is 0 Å². The highest BCUT2D eigenvalue weighted by Crippen LogP contribution is 2.36. The molecule has 0 aliphatic carbocycles. The Kier molecular flexibility index (Phi) is 5.45. The highest BCUT2D eigenvalue weighted by molar-refractivity contribution is 7.85. The fraction of sp³-hybridized carbons (Fsp3) is 0.133. The number of amides is 1. The SMILES string of the molecule is O=C(Nc1ccc(F)c(S(=O)(=O)O)c1)c1cc(C(F)(F)F)cc(C(F)(F)F)c1. The van der Waals surface area contributed by atoms with Crippen molar-refractivity contribution in [1.82, 2.24) is 0 Å². The quantitative estimate of drug-likeness (QED) is 0.559. The van der Waals surface area contributed by atoms with Crippen LogP contribution in [0.4, 0.5) is 36.4 Å². The molecular formula is C15H8F7NO4S. The average molecular weight is 431 g/mol. The van der Waals surface area contributed by atoms with Crippen molar-refractivity contribution < 1.29 is 48.5 Å². The summed E-state index contributed by atoms with van der Waals surface area (Å²) in [5.41, 5.74) is -4.99. The fourth-order valence-electron chi connectivity index (χ4n) is 2.07. The second-order valence-electron chi connectivity index (χ2n) is 5.37. The first-order chi connectivity index (χ1) is 12.6. The van der Waals surface area contributed by atoms with E-state index in [-0.39, 0.29) is 18.2 Å². The van der Waals surface area contributed by atoms with Crippen molar-refractivity contribution in [2.24, 2.45) is 0 Å². The molecule has 0 fully saturated rings. The van der Waals surface area contributed by atoms with E-state index in [9.17, 15) is 43.9 Å². The van der Waals surface area contributed by atoms with Crippen LogP contribution < -0.4 is 5.32 Å². The van der Waals surface area contributed by atoms with Crippen LogP contribution in [0.3, 0.4) is 0 Å². The molecule has 0 spiro atoms. The minimum Gasteiger partial charge on any atom is -0.322 e. The summed E-state index contributed by atoms with van der Waals surface area (Å²) in [6.07, 6.45) is -10.4. The molecule has 2 N–H and O–H groups in total. The predicted octanol–water partition coefficient (Wildman–Crippen LogP) is 4.36. The molecule has 0 saturated carbocycles. The van der Waals surface area contributed by atoms with E-state index in [2.05, 4.69) is 0 Å². The number of rotatable bonds is 3. The van der Waals surface area contributed by atoms with Crippen LogP contribution >= 0.6 is 0 Å². The molecule has 0 radical (unpaired) electrons. The van der Waals surface area contributed by atoms with Crippen molar-refractivity contribution in [2.75, 3.05) is 5.32 Å². The zero-order chi connectivity index (χ0) is 21.5. The molecule has 1 amide bonds. The van der Waals surface area contributed by atoms with E-state index in [0.717, 1.165) is 6.07 Å². The lowest BCUT2D eigenvalue weighted by molar-refractivity contribution is -0.143. The zero-order valence-electron chi connectivity index (χ0n) is 13.2.